The van der Waals surface area contributed by atoms with Gasteiger partial charge in [0.25, 0.3) is 5.91 Å². The maximum Gasteiger partial charge on any atom is 0.334 e. The molecule has 1 amide bonds. The standard InChI is InChI=1S/C16H27NO5/c1-3-13(22-12-7-5-4-6-8-12)15(18)17-9-11(2)21-14(10-17)16(19)20/h11-14H,3-10H2,1-2H3,(H,19,20)/t11-,13?,14?/m1/s1. The van der Waals surface area contributed by atoms with Crippen molar-refractivity contribution < 1.29 is 24.2 Å². The molecule has 3 atom stereocenters. The van der Waals surface area contributed by atoms with Gasteiger partial charge in [-0.3, -0.25) is 4.79 Å². The lowest BCUT2D eigenvalue weighted by atomic mass is 9.97. The van der Waals surface area contributed by atoms with Crippen LogP contribution in [0.1, 0.15) is 52.4 Å². The van der Waals surface area contributed by atoms with E-state index in [1.54, 1.807) is 11.8 Å². The summed E-state index contributed by atoms with van der Waals surface area (Å²) in [5, 5.41) is 9.12. The normalized spacial score (nSPS) is 28.4. The van der Waals surface area contributed by atoms with Crippen molar-refractivity contribution in [1.29, 1.82) is 0 Å². The molecule has 2 fully saturated rings. The highest BCUT2D eigenvalue weighted by Crippen LogP contribution is 2.23. The predicted molar refractivity (Wildman–Crippen MR) is 80.6 cm³/mol. The Hall–Kier alpha value is -1.14. The van der Waals surface area contributed by atoms with E-state index in [0.29, 0.717) is 13.0 Å². The Labute approximate surface area is 131 Å². The van der Waals surface area contributed by atoms with E-state index >= 15 is 0 Å². The number of carbonyl (C=O) groups is 2. The molecule has 2 rings (SSSR count). The Morgan fingerprint density at radius 1 is 1.27 bits per heavy atom. The fourth-order valence-electron chi connectivity index (χ4n) is 3.23. The monoisotopic (exact) mass is 313 g/mol. The molecule has 0 radical (unpaired) electrons. The summed E-state index contributed by atoms with van der Waals surface area (Å²) in [7, 11) is 0. The molecule has 6 nitrogen and oxygen atoms in total. The summed E-state index contributed by atoms with van der Waals surface area (Å²) in [4.78, 5) is 25.4. The van der Waals surface area contributed by atoms with E-state index in [4.69, 9.17) is 14.6 Å². The van der Waals surface area contributed by atoms with Crippen molar-refractivity contribution in [1.82, 2.24) is 4.90 Å². The van der Waals surface area contributed by atoms with Gasteiger partial charge in [0.1, 0.15) is 6.10 Å². The first-order chi connectivity index (χ1) is 10.5. The summed E-state index contributed by atoms with van der Waals surface area (Å²) >= 11 is 0. The number of carbonyl (C=O) groups excluding carboxylic acids is 1. The zero-order valence-electron chi connectivity index (χ0n) is 13.5. The summed E-state index contributed by atoms with van der Waals surface area (Å²) in [5.41, 5.74) is 0. The molecule has 0 bridgehead atoms. The van der Waals surface area contributed by atoms with Gasteiger partial charge in [0.05, 0.1) is 18.8 Å². The van der Waals surface area contributed by atoms with Crippen molar-refractivity contribution in [2.45, 2.75) is 76.8 Å². The predicted octanol–water partition coefficient (Wildman–Crippen LogP) is 1.81. The maximum absolute atomic E-state index is 12.7. The fraction of sp³-hybridized carbons (Fsp3) is 0.875. The van der Waals surface area contributed by atoms with Gasteiger partial charge in [-0.1, -0.05) is 26.2 Å². The quantitative estimate of drug-likeness (QED) is 0.838. The number of hydrogen-bond donors (Lipinski definition) is 1. The number of hydrogen-bond acceptors (Lipinski definition) is 4. The third-order valence-electron chi connectivity index (χ3n) is 4.40. The van der Waals surface area contributed by atoms with Crippen molar-refractivity contribution in [2.24, 2.45) is 0 Å². The van der Waals surface area contributed by atoms with Crippen molar-refractivity contribution in [3.8, 4) is 0 Å². The molecule has 2 aliphatic rings. The molecule has 1 N–H and O–H groups in total. The third-order valence-corrected chi connectivity index (χ3v) is 4.40. The van der Waals surface area contributed by atoms with Gasteiger partial charge in [-0.05, 0) is 26.2 Å². The van der Waals surface area contributed by atoms with Crippen LogP contribution in [0.5, 0.6) is 0 Å². The topological polar surface area (TPSA) is 76.1 Å². The van der Waals surface area contributed by atoms with Crippen LogP contribution >= 0.6 is 0 Å². The minimum atomic E-state index is -1.02. The molecule has 1 aliphatic carbocycles. The van der Waals surface area contributed by atoms with Crippen LogP contribution < -0.4 is 0 Å². The van der Waals surface area contributed by atoms with E-state index in [1.807, 2.05) is 6.92 Å². The van der Waals surface area contributed by atoms with Gasteiger partial charge in [0.2, 0.25) is 0 Å². The number of morpholine rings is 1. The molecule has 1 saturated heterocycles. The van der Waals surface area contributed by atoms with Gasteiger partial charge in [-0.25, -0.2) is 4.79 Å². The minimum absolute atomic E-state index is 0.100. The molecular formula is C16H27NO5. The van der Waals surface area contributed by atoms with E-state index in [9.17, 15) is 9.59 Å². The molecular weight excluding hydrogens is 286 g/mol. The van der Waals surface area contributed by atoms with Gasteiger partial charge in [0.15, 0.2) is 6.10 Å². The number of ether oxygens (including phenoxy) is 2. The highest BCUT2D eigenvalue weighted by atomic mass is 16.5. The second-order valence-electron chi connectivity index (χ2n) is 6.31. The number of nitrogens with zero attached hydrogens (tertiary/aromatic N) is 1. The van der Waals surface area contributed by atoms with Crippen LogP contribution in [0.4, 0.5) is 0 Å². The van der Waals surface area contributed by atoms with Crippen LogP contribution in [0, 0.1) is 0 Å². The lowest BCUT2D eigenvalue weighted by Gasteiger charge is -2.37. The average molecular weight is 313 g/mol. The molecule has 0 aromatic carbocycles. The summed E-state index contributed by atoms with van der Waals surface area (Å²) in [5.74, 6) is -1.12. The first kappa shape index (κ1) is 17.2. The third kappa shape index (κ3) is 4.43. The second-order valence-corrected chi connectivity index (χ2v) is 6.31. The van der Waals surface area contributed by atoms with Crippen LogP contribution in [0.3, 0.4) is 0 Å². The van der Waals surface area contributed by atoms with Gasteiger partial charge < -0.3 is 19.5 Å². The number of carboxylic acid groups (broad SMARTS) is 1. The van der Waals surface area contributed by atoms with E-state index in [0.717, 1.165) is 25.7 Å². The van der Waals surface area contributed by atoms with Crippen molar-refractivity contribution in [2.75, 3.05) is 13.1 Å². The first-order valence-electron chi connectivity index (χ1n) is 8.33. The van der Waals surface area contributed by atoms with Crippen molar-refractivity contribution in [3.05, 3.63) is 0 Å². The number of rotatable bonds is 5. The minimum Gasteiger partial charge on any atom is -0.479 e. The lowest BCUT2D eigenvalue weighted by Crippen LogP contribution is -2.54. The van der Waals surface area contributed by atoms with E-state index in [2.05, 4.69) is 0 Å². The molecule has 2 unspecified atom stereocenters. The van der Waals surface area contributed by atoms with Gasteiger partial charge in [0, 0.05) is 6.54 Å². The maximum atomic E-state index is 12.7. The van der Waals surface area contributed by atoms with E-state index in [1.165, 1.54) is 6.42 Å². The zero-order chi connectivity index (χ0) is 16.1. The fourth-order valence-corrected chi connectivity index (χ4v) is 3.23. The van der Waals surface area contributed by atoms with Crippen molar-refractivity contribution >= 4 is 11.9 Å². The molecule has 22 heavy (non-hydrogen) atoms. The van der Waals surface area contributed by atoms with E-state index < -0.39 is 18.2 Å². The lowest BCUT2D eigenvalue weighted by molar-refractivity contribution is -0.172. The van der Waals surface area contributed by atoms with Crippen LogP contribution in [0.25, 0.3) is 0 Å². The molecule has 6 heteroatoms. The summed E-state index contributed by atoms with van der Waals surface area (Å²) in [6.07, 6.45) is 4.67. The average Bonchev–Trinajstić information content (AvgIpc) is 2.52. The number of carboxylic acids is 1. The van der Waals surface area contributed by atoms with Crippen molar-refractivity contribution in [3.63, 3.8) is 0 Å². The smallest absolute Gasteiger partial charge is 0.334 e. The molecule has 126 valence electrons. The largest absolute Gasteiger partial charge is 0.479 e. The Bertz CT molecular complexity index is 394. The molecule has 0 aromatic heterocycles. The SMILES string of the molecule is CCC(OC1CCCCC1)C(=O)N1CC(C(=O)O)O[C@H](C)C1. The first-order valence-corrected chi connectivity index (χ1v) is 8.33. The van der Waals surface area contributed by atoms with Crippen LogP contribution in [-0.2, 0) is 19.1 Å². The van der Waals surface area contributed by atoms with Crippen LogP contribution in [-0.4, -0.2) is 59.4 Å². The molecule has 1 heterocycles. The molecule has 1 aliphatic heterocycles. The van der Waals surface area contributed by atoms with E-state index in [-0.39, 0.29) is 24.7 Å². The summed E-state index contributed by atoms with van der Waals surface area (Å²) < 4.78 is 11.4. The Balaban J connectivity index is 1.95. The molecule has 1 saturated carbocycles. The Kier molecular flexibility index (Phi) is 6.20. The second kappa shape index (κ2) is 7.92. The Morgan fingerprint density at radius 2 is 1.95 bits per heavy atom. The van der Waals surface area contributed by atoms with Gasteiger partial charge in [-0.2, -0.15) is 0 Å². The van der Waals surface area contributed by atoms with Crippen LogP contribution in [0.2, 0.25) is 0 Å². The summed E-state index contributed by atoms with van der Waals surface area (Å²) in [6, 6.07) is 0. The van der Waals surface area contributed by atoms with Crippen LogP contribution in [0.15, 0.2) is 0 Å². The molecule has 0 spiro atoms. The van der Waals surface area contributed by atoms with Gasteiger partial charge >= 0.3 is 5.97 Å². The molecule has 0 aromatic rings. The Morgan fingerprint density at radius 3 is 2.55 bits per heavy atom. The summed E-state index contributed by atoms with van der Waals surface area (Å²) in [6.45, 7) is 4.25. The zero-order valence-corrected chi connectivity index (χ0v) is 13.5. The van der Waals surface area contributed by atoms with Gasteiger partial charge in [-0.15, -0.1) is 0 Å². The number of amides is 1. The highest BCUT2D eigenvalue weighted by Gasteiger charge is 2.35. The highest BCUT2D eigenvalue weighted by molar-refractivity contribution is 5.82. The number of aliphatic carboxylic acids is 1.